The number of hydrogen-bond acceptors (Lipinski definition) is 4. The van der Waals surface area contributed by atoms with Gasteiger partial charge in [-0.05, 0) is 31.9 Å². The van der Waals surface area contributed by atoms with Gasteiger partial charge in [0, 0.05) is 25.6 Å². The zero-order valence-electron chi connectivity index (χ0n) is 14.3. The molecule has 2 amide bonds. The molecule has 2 atom stereocenters. The molecule has 2 N–H and O–H groups in total. The van der Waals surface area contributed by atoms with Crippen molar-refractivity contribution in [2.45, 2.75) is 63.4 Å². The zero-order chi connectivity index (χ0) is 16.8. The minimum Gasteiger partial charge on any atom is -0.347 e. The van der Waals surface area contributed by atoms with E-state index in [1.54, 1.807) is 6.20 Å². The number of amides is 2. The number of carbonyl (C=O) groups excluding carboxylic acids is 1. The van der Waals surface area contributed by atoms with Crippen molar-refractivity contribution in [2.24, 2.45) is 0 Å². The van der Waals surface area contributed by atoms with Crippen molar-refractivity contribution in [3.63, 3.8) is 0 Å². The summed E-state index contributed by atoms with van der Waals surface area (Å²) in [6.45, 7) is 2.93. The summed E-state index contributed by atoms with van der Waals surface area (Å²) in [7, 11) is 0. The molecule has 132 valence electrons. The molecule has 2 unspecified atom stereocenters. The van der Waals surface area contributed by atoms with Crippen LogP contribution in [0.3, 0.4) is 0 Å². The minimum atomic E-state index is -0.402. The Balaban J connectivity index is 1.42. The largest absolute Gasteiger partial charge is 0.347 e. The van der Waals surface area contributed by atoms with Crippen molar-refractivity contribution >= 4 is 6.03 Å². The fourth-order valence-corrected chi connectivity index (χ4v) is 3.41. The second kappa shape index (κ2) is 7.94. The molecule has 6 heteroatoms. The Hall–Kier alpha value is -1.66. The normalized spacial score (nSPS) is 24.3. The van der Waals surface area contributed by atoms with Crippen LogP contribution in [0.4, 0.5) is 4.79 Å². The van der Waals surface area contributed by atoms with Crippen molar-refractivity contribution in [3.05, 3.63) is 30.1 Å². The van der Waals surface area contributed by atoms with Crippen molar-refractivity contribution in [2.75, 3.05) is 13.2 Å². The van der Waals surface area contributed by atoms with E-state index in [0.717, 1.165) is 31.4 Å². The number of pyridine rings is 1. The van der Waals surface area contributed by atoms with Gasteiger partial charge in [-0.1, -0.05) is 18.9 Å². The topological polar surface area (TPSA) is 72.5 Å². The standard InChI is InChI=1S/C18H27N3O3/c1-14(16-8-4-7-11-19-16)21-17(22)20-12-15-13-23-18(24-15)9-5-2-3-6-10-18/h4,7-8,11,14-15H,2-3,5-6,9-10,12-13H2,1H3,(H2,20,21,22). The molecule has 1 aliphatic heterocycles. The van der Waals surface area contributed by atoms with Crippen molar-refractivity contribution < 1.29 is 14.3 Å². The maximum atomic E-state index is 12.1. The number of rotatable bonds is 4. The zero-order valence-corrected chi connectivity index (χ0v) is 14.3. The van der Waals surface area contributed by atoms with E-state index in [9.17, 15) is 4.79 Å². The van der Waals surface area contributed by atoms with E-state index < -0.39 is 5.79 Å². The molecule has 1 saturated heterocycles. The summed E-state index contributed by atoms with van der Waals surface area (Å²) in [6, 6.07) is 5.32. The van der Waals surface area contributed by atoms with Crippen LogP contribution in [-0.4, -0.2) is 36.1 Å². The number of aromatic nitrogens is 1. The van der Waals surface area contributed by atoms with Crippen molar-refractivity contribution in [1.82, 2.24) is 15.6 Å². The van der Waals surface area contributed by atoms with Gasteiger partial charge in [0.25, 0.3) is 0 Å². The van der Waals surface area contributed by atoms with Crippen LogP contribution < -0.4 is 10.6 Å². The van der Waals surface area contributed by atoms with Crippen LogP contribution >= 0.6 is 0 Å². The van der Waals surface area contributed by atoms with Gasteiger partial charge >= 0.3 is 6.03 Å². The average Bonchev–Trinajstić information content (AvgIpc) is 2.85. The molecular weight excluding hydrogens is 306 g/mol. The molecule has 2 aliphatic rings. The molecule has 1 saturated carbocycles. The summed E-state index contributed by atoms with van der Waals surface area (Å²) in [5.74, 6) is -0.402. The Kier molecular flexibility index (Phi) is 5.68. The SMILES string of the molecule is CC(NC(=O)NCC1COC2(CCCCCC2)O1)c1ccccn1. The van der Waals surface area contributed by atoms with Gasteiger partial charge in [-0.25, -0.2) is 4.79 Å². The second-order valence-electron chi connectivity index (χ2n) is 6.71. The van der Waals surface area contributed by atoms with Crippen LogP contribution in [0.1, 0.15) is 57.2 Å². The maximum absolute atomic E-state index is 12.1. The summed E-state index contributed by atoms with van der Waals surface area (Å²) in [4.78, 5) is 16.3. The Morgan fingerprint density at radius 1 is 1.33 bits per heavy atom. The van der Waals surface area contributed by atoms with Gasteiger partial charge in [0.1, 0.15) is 6.10 Å². The number of hydrogen-bond donors (Lipinski definition) is 2. The molecule has 1 aliphatic carbocycles. The number of carbonyl (C=O) groups is 1. The van der Waals surface area contributed by atoms with E-state index in [0.29, 0.717) is 13.2 Å². The van der Waals surface area contributed by atoms with Crippen LogP contribution in [0.15, 0.2) is 24.4 Å². The van der Waals surface area contributed by atoms with Crippen molar-refractivity contribution in [3.8, 4) is 0 Å². The summed E-state index contributed by atoms with van der Waals surface area (Å²) in [6.07, 6.45) is 8.40. The summed E-state index contributed by atoms with van der Waals surface area (Å²) in [5.41, 5.74) is 0.838. The van der Waals surface area contributed by atoms with Gasteiger partial charge in [0.2, 0.25) is 0 Å². The molecule has 0 radical (unpaired) electrons. The van der Waals surface area contributed by atoms with Gasteiger partial charge in [0.05, 0.1) is 18.3 Å². The number of ether oxygens (including phenoxy) is 2. The summed E-state index contributed by atoms with van der Waals surface area (Å²) < 4.78 is 12.1. The lowest BCUT2D eigenvalue weighted by atomic mass is 10.1. The molecule has 2 heterocycles. The number of nitrogens with zero attached hydrogens (tertiary/aromatic N) is 1. The summed E-state index contributed by atoms with van der Waals surface area (Å²) in [5, 5.41) is 5.77. The van der Waals surface area contributed by atoms with E-state index in [4.69, 9.17) is 9.47 Å². The monoisotopic (exact) mass is 333 g/mol. The van der Waals surface area contributed by atoms with Gasteiger partial charge in [-0.3, -0.25) is 4.98 Å². The predicted octanol–water partition coefficient (Wildman–Crippen LogP) is 2.91. The van der Waals surface area contributed by atoms with Crippen LogP contribution in [-0.2, 0) is 9.47 Å². The van der Waals surface area contributed by atoms with Gasteiger partial charge < -0.3 is 20.1 Å². The first-order valence-corrected chi connectivity index (χ1v) is 8.94. The van der Waals surface area contributed by atoms with Crippen LogP contribution in [0, 0.1) is 0 Å². The molecule has 3 rings (SSSR count). The Labute approximate surface area is 143 Å². The first-order chi connectivity index (χ1) is 11.7. The quantitative estimate of drug-likeness (QED) is 0.889. The highest BCUT2D eigenvalue weighted by Crippen LogP contribution is 2.36. The highest BCUT2D eigenvalue weighted by atomic mass is 16.7. The van der Waals surface area contributed by atoms with E-state index in [1.165, 1.54) is 12.8 Å². The third-order valence-corrected chi connectivity index (χ3v) is 4.75. The van der Waals surface area contributed by atoms with Gasteiger partial charge in [-0.2, -0.15) is 0 Å². The van der Waals surface area contributed by atoms with Gasteiger partial charge in [0.15, 0.2) is 5.79 Å². The third kappa shape index (κ3) is 4.45. The second-order valence-corrected chi connectivity index (χ2v) is 6.71. The fourth-order valence-electron chi connectivity index (χ4n) is 3.41. The first kappa shape index (κ1) is 17.2. The van der Waals surface area contributed by atoms with E-state index in [1.807, 2.05) is 25.1 Å². The minimum absolute atomic E-state index is 0.0704. The molecule has 0 aromatic carbocycles. The molecule has 0 bridgehead atoms. The number of urea groups is 1. The lowest BCUT2D eigenvalue weighted by molar-refractivity contribution is -0.175. The molecule has 2 fully saturated rings. The molecule has 6 nitrogen and oxygen atoms in total. The molecule has 1 spiro atoms. The van der Waals surface area contributed by atoms with Crippen LogP contribution in [0.5, 0.6) is 0 Å². The van der Waals surface area contributed by atoms with Crippen LogP contribution in [0.25, 0.3) is 0 Å². The van der Waals surface area contributed by atoms with Gasteiger partial charge in [-0.15, -0.1) is 0 Å². The van der Waals surface area contributed by atoms with E-state index >= 15 is 0 Å². The average molecular weight is 333 g/mol. The number of nitrogens with one attached hydrogen (secondary N) is 2. The third-order valence-electron chi connectivity index (χ3n) is 4.75. The fraction of sp³-hybridized carbons (Fsp3) is 0.667. The highest BCUT2D eigenvalue weighted by Gasteiger charge is 2.41. The smallest absolute Gasteiger partial charge is 0.315 e. The van der Waals surface area contributed by atoms with E-state index in [-0.39, 0.29) is 18.2 Å². The Morgan fingerprint density at radius 2 is 2.12 bits per heavy atom. The predicted molar refractivity (Wildman–Crippen MR) is 90.4 cm³/mol. The molecular formula is C18H27N3O3. The molecule has 1 aromatic rings. The lowest BCUT2D eigenvalue weighted by Crippen LogP contribution is -2.42. The van der Waals surface area contributed by atoms with Crippen LogP contribution in [0.2, 0.25) is 0 Å². The molecule has 1 aromatic heterocycles. The Morgan fingerprint density at radius 3 is 2.83 bits per heavy atom. The summed E-state index contributed by atoms with van der Waals surface area (Å²) >= 11 is 0. The first-order valence-electron chi connectivity index (χ1n) is 8.94. The van der Waals surface area contributed by atoms with Crippen molar-refractivity contribution in [1.29, 1.82) is 0 Å². The maximum Gasteiger partial charge on any atom is 0.315 e. The highest BCUT2D eigenvalue weighted by molar-refractivity contribution is 5.74. The van der Waals surface area contributed by atoms with E-state index in [2.05, 4.69) is 15.6 Å². The Bertz CT molecular complexity index is 530. The molecule has 24 heavy (non-hydrogen) atoms. The lowest BCUT2D eigenvalue weighted by Gasteiger charge is -2.26.